The molecule has 3 heteroatoms. The van der Waals surface area contributed by atoms with Gasteiger partial charge in [-0.05, 0) is 37.1 Å². The molecule has 15 heavy (non-hydrogen) atoms. The Morgan fingerprint density at radius 3 is 2.87 bits per heavy atom. The second-order valence-electron chi connectivity index (χ2n) is 3.09. The van der Waals surface area contributed by atoms with Crippen molar-refractivity contribution >= 4 is 27.5 Å². The first-order valence-electron chi connectivity index (χ1n) is 4.74. The molecule has 2 nitrogen and oxygen atoms in total. The first kappa shape index (κ1) is 12.0. The number of carbonyl (C=O) groups excluding carboxylic acids is 1. The van der Waals surface area contributed by atoms with Crippen LogP contribution in [0.25, 0.3) is 5.57 Å². The van der Waals surface area contributed by atoms with E-state index >= 15 is 0 Å². The Morgan fingerprint density at radius 1 is 1.53 bits per heavy atom. The van der Waals surface area contributed by atoms with Gasteiger partial charge < -0.3 is 4.74 Å². The monoisotopic (exact) mass is 268 g/mol. The summed E-state index contributed by atoms with van der Waals surface area (Å²) in [5.41, 5.74) is 1.91. The van der Waals surface area contributed by atoms with Crippen molar-refractivity contribution in [2.75, 3.05) is 6.61 Å². The van der Waals surface area contributed by atoms with Crippen molar-refractivity contribution in [2.24, 2.45) is 0 Å². The van der Waals surface area contributed by atoms with E-state index in [0.29, 0.717) is 6.61 Å². The summed E-state index contributed by atoms with van der Waals surface area (Å²) < 4.78 is 5.83. The lowest BCUT2D eigenvalue weighted by Gasteiger charge is -2.02. The number of allylic oxidation sites excluding steroid dienone is 1. The highest BCUT2D eigenvalue weighted by Crippen LogP contribution is 2.18. The zero-order chi connectivity index (χ0) is 11.3. The van der Waals surface area contributed by atoms with Crippen molar-refractivity contribution in [3.63, 3.8) is 0 Å². The van der Waals surface area contributed by atoms with E-state index in [1.807, 2.05) is 31.2 Å². The second kappa shape index (κ2) is 5.71. The molecule has 0 radical (unpaired) electrons. The lowest BCUT2D eigenvalue weighted by Crippen LogP contribution is -2.00. The molecule has 0 heterocycles. The Balaban J connectivity index is 2.84. The molecule has 0 aliphatic carbocycles. The highest BCUT2D eigenvalue weighted by Gasteiger charge is 2.00. The van der Waals surface area contributed by atoms with Gasteiger partial charge in [0.05, 0.1) is 6.61 Å². The molecule has 1 rings (SSSR count). The SMILES string of the molecule is CCOC(=O)/C=C(/C)c1cccc(Br)c1. The van der Waals surface area contributed by atoms with Crippen LogP contribution in [0.3, 0.4) is 0 Å². The van der Waals surface area contributed by atoms with Crippen molar-refractivity contribution in [3.05, 3.63) is 40.4 Å². The van der Waals surface area contributed by atoms with E-state index < -0.39 is 0 Å². The molecule has 0 saturated heterocycles. The van der Waals surface area contributed by atoms with Crippen LogP contribution < -0.4 is 0 Å². The maximum absolute atomic E-state index is 11.2. The van der Waals surface area contributed by atoms with E-state index in [1.165, 1.54) is 6.08 Å². The van der Waals surface area contributed by atoms with Gasteiger partial charge in [-0.15, -0.1) is 0 Å². The van der Waals surface area contributed by atoms with Crippen LogP contribution in [0.2, 0.25) is 0 Å². The van der Waals surface area contributed by atoms with Crippen LogP contribution in [0, 0.1) is 0 Å². The van der Waals surface area contributed by atoms with Gasteiger partial charge in [-0.3, -0.25) is 0 Å². The van der Waals surface area contributed by atoms with Gasteiger partial charge in [0.1, 0.15) is 0 Å². The van der Waals surface area contributed by atoms with Crippen molar-refractivity contribution < 1.29 is 9.53 Å². The number of rotatable bonds is 3. The van der Waals surface area contributed by atoms with Gasteiger partial charge in [-0.1, -0.05) is 28.1 Å². The predicted molar refractivity (Wildman–Crippen MR) is 64.4 cm³/mol. The minimum atomic E-state index is -0.296. The van der Waals surface area contributed by atoms with Crippen LogP contribution in [0.4, 0.5) is 0 Å². The number of benzene rings is 1. The first-order chi connectivity index (χ1) is 7.13. The summed E-state index contributed by atoms with van der Waals surface area (Å²) in [5, 5.41) is 0. The third kappa shape index (κ3) is 3.88. The van der Waals surface area contributed by atoms with Gasteiger partial charge in [0.15, 0.2) is 0 Å². The van der Waals surface area contributed by atoms with Gasteiger partial charge in [-0.2, -0.15) is 0 Å². The number of carbonyl (C=O) groups is 1. The van der Waals surface area contributed by atoms with Crippen molar-refractivity contribution in [3.8, 4) is 0 Å². The Bertz CT molecular complexity index is 383. The minimum Gasteiger partial charge on any atom is -0.463 e. The summed E-state index contributed by atoms with van der Waals surface area (Å²) in [6, 6.07) is 7.80. The molecule has 0 aliphatic rings. The van der Waals surface area contributed by atoms with E-state index in [-0.39, 0.29) is 5.97 Å². The minimum absolute atomic E-state index is 0.296. The van der Waals surface area contributed by atoms with E-state index in [1.54, 1.807) is 6.92 Å². The van der Waals surface area contributed by atoms with Crippen LogP contribution in [-0.2, 0) is 9.53 Å². The Labute approximate surface area is 98.1 Å². The number of hydrogen-bond donors (Lipinski definition) is 0. The third-order valence-corrected chi connectivity index (χ3v) is 2.39. The van der Waals surface area contributed by atoms with Crippen LogP contribution >= 0.6 is 15.9 Å². The molecule has 0 unspecified atom stereocenters. The molecule has 1 aromatic carbocycles. The van der Waals surface area contributed by atoms with Crippen molar-refractivity contribution in [1.29, 1.82) is 0 Å². The maximum Gasteiger partial charge on any atom is 0.331 e. The van der Waals surface area contributed by atoms with E-state index in [4.69, 9.17) is 4.74 Å². The van der Waals surface area contributed by atoms with Crippen LogP contribution in [-0.4, -0.2) is 12.6 Å². The molecule has 1 aromatic rings. The highest BCUT2D eigenvalue weighted by atomic mass is 79.9. The molecular weight excluding hydrogens is 256 g/mol. The standard InChI is InChI=1S/C12H13BrO2/c1-3-15-12(14)7-9(2)10-5-4-6-11(13)8-10/h4-8H,3H2,1-2H3/b9-7-. The molecule has 0 spiro atoms. The third-order valence-electron chi connectivity index (χ3n) is 1.90. The van der Waals surface area contributed by atoms with Gasteiger partial charge in [0.2, 0.25) is 0 Å². The summed E-state index contributed by atoms with van der Waals surface area (Å²) in [4.78, 5) is 11.2. The lowest BCUT2D eigenvalue weighted by molar-refractivity contribution is -0.137. The van der Waals surface area contributed by atoms with Gasteiger partial charge in [0, 0.05) is 10.5 Å². The summed E-state index contributed by atoms with van der Waals surface area (Å²) in [6.45, 7) is 4.08. The first-order valence-corrected chi connectivity index (χ1v) is 5.53. The molecule has 0 aliphatic heterocycles. The molecule has 0 bridgehead atoms. The Morgan fingerprint density at radius 2 is 2.27 bits per heavy atom. The molecule has 0 saturated carbocycles. The molecular formula is C12H13BrO2. The zero-order valence-electron chi connectivity index (χ0n) is 8.79. The molecule has 0 N–H and O–H groups in total. The highest BCUT2D eigenvalue weighted by molar-refractivity contribution is 9.10. The molecule has 0 atom stereocenters. The fourth-order valence-corrected chi connectivity index (χ4v) is 1.58. The van der Waals surface area contributed by atoms with Gasteiger partial charge >= 0.3 is 5.97 Å². The van der Waals surface area contributed by atoms with E-state index in [9.17, 15) is 4.79 Å². The Kier molecular flexibility index (Phi) is 4.56. The number of esters is 1. The predicted octanol–water partition coefficient (Wildman–Crippen LogP) is 3.42. The molecule has 80 valence electrons. The molecule has 0 aromatic heterocycles. The van der Waals surface area contributed by atoms with Crippen molar-refractivity contribution in [1.82, 2.24) is 0 Å². The van der Waals surface area contributed by atoms with E-state index in [2.05, 4.69) is 15.9 Å². The van der Waals surface area contributed by atoms with Crippen LogP contribution in [0.1, 0.15) is 19.4 Å². The second-order valence-corrected chi connectivity index (χ2v) is 4.01. The quantitative estimate of drug-likeness (QED) is 0.620. The molecule has 0 fully saturated rings. The average molecular weight is 269 g/mol. The van der Waals surface area contributed by atoms with Gasteiger partial charge in [-0.25, -0.2) is 4.79 Å². The molecule has 0 amide bonds. The topological polar surface area (TPSA) is 26.3 Å². The fraction of sp³-hybridized carbons (Fsp3) is 0.250. The number of halogens is 1. The zero-order valence-corrected chi connectivity index (χ0v) is 10.4. The fourth-order valence-electron chi connectivity index (χ4n) is 1.18. The van der Waals surface area contributed by atoms with E-state index in [0.717, 1.165) is 15.6 Å². The van der Waals surface area contributed by atoms with Gasteiger partial charge in [0.25, 0.3) is 0 Å². The summed E-state index contributed by atoms with van der Waals surface area (Å²) in [5.74, 6) is -0.296. The lowest BCUT2D eigenvalue weighted by atomic mass is 10.1. The maximum atomic E-state index is 11.2. The summed E-state index contributed by atoms with van der Waals surface area (Å²) >= 11 is 3.38. The average Bonchev–Trinajstić information content (AvgIpc) is 2.18. The number of hydrogen-bond acceptors (Lipinski definition) is 2. The summed E-state index contributed by atoms with van der Waals surface area (Å²) in [6.07, 6.45) is 1.51. The summed E-state index contributed by atoms with van der Waals surface area (Å²) in [7, 11) is 0. The van der Waals surface area contributed by atoms with Crippen LogP contribution in [0.5, 0.6) is 0 Å². The number of ether oxygens (including phenoxy) is 1. The van der Waals surface area contributed by atoms with Crippen LogP contribution in [0.15, 0.2) is 34.8 Å². The largest absolute Gasteiger partial charge is 0.463 e. The van der Waals surface area contributed by atoms with Crippen molar-refractivity contribution in [2.45, 2.75) is 13.8 Å². The smallest absolute Gasteiger partial charge is 0.331 e. The normalized spacial score (nSPS) is 11.3. The Hall–Kier alpha value is -1.09.